The van der Waals surface area contributed by atoms with Gasteiger partial charge in [-0.15, -0.1) is 0 Å². The molecule has 1 heterocycles. The van der Waals surface area contributed by atoms with E-state index >= 15 is 0 Å². The SMILES string of the molecule is COc1cc(C[NH2+]CC[NH+]2CCOCC2)cc(Cl)c1OCc1ccccc1. The Morgan fingerprint density at radius 2 is 1.89 bits per heavy atom. The Kier molecular flexibility index (Phi) is 7.78. The van der Waals surface area contributed by atoms with Gasteiger partial charge in [0.15, 0.2) is 11.5 Å². The van der Waals surface area contributed by atoms with E-state index in [0.29, 0.717) is 23.1 Å². The van der Waals surface area contributed by atoms with Gasteiger partial charge in [-0.1, -0.05) is 41.9 Å². The number of nitrogens with two attached hydrogens (primary N) is 1. The van der Waals surface area contributed by atoms with Crippen LogP contribution in [0, 0.1) is 0 Å². The van der Waals surface area contributed by atoms with Gasteiger partial charge in [-0.25, -0.2) is 0 Å². The first-order chi connectivity index (χ1) is 13.3. The fraction of sp³-hybridized carbons (Fsp3) is 0.429. The third kappa shape index (κ3) is 6.11. The minimum absolute atomic E-state index is 0.463. The van der Waals surface area contributed by atoms with Gasteiger partial charge in [0.2, 0.25) is 0 Å². The van der Waals surface area contributed by atoms with Crippen molar-refractivity contribution >= 4 is 11.6 Å². The van der Waals surface area contributed by atoms with Crippen molar-refractivity contribution in [2.24, 2.45) is 0 Å². The zero-order chi connectivity index (χ0) is 18.9. The van der Waals surface area contributed by atoms with Crippen LogP contribution in [0.1, 0.15) is 11.1 Å². The number of nitrogens with one attached hydrogen (secondary N) is 1. The number of halogens is 1. The van der Waals surface area contributed by atoms with Crippen molar-refractivity contribution in [3.05, 3.63) is 58.6 Å². The van der Waals surface area contributed by atoms with E-state index < -0.39 is 0 Å². The van der Waals surface area contributed by atoms with Crippen molar-refractivity contribution in [1.82, 2.24) is 0 Å². The number of quaternary nitrogens is 2. The molecule has 6 heteroatoms. The number of ether oxygens (including phenoxy) is 3. The highest BCUT2D eigenvalue weighted by molar-refractivity contribution is 6.32. The average molecular weight is 393 g/mol. The summed E-state index contributed by atoms with van der Waals surface area (Å²) < 4.78 is 16.8. The third-order valence-corrected chi connectivity index (χ3v) is 5.08. The van der Waals surface area contributed by atoms with Gasteiger partial charge in [0.25, 0.3) is 0 Å². The van der Waals surface area contributed by atoms with Gasteiger partial charge in [0.05, 0.1) is 25.3 Å². The van der Waals surface area contributed by atoms with E-state index in [9.17, 15) is 0 Å². The van der Waals surface area contributed by atoms with Crippen molar-refractivity contribution < 1.29 is 24.4 Å². The summed E-state index contributed by atoms with van der Waals surface area (Å²) in [4.78, 5) is 1.62. The number of benzene rings is 2. The lowest BCUT2D eigenvalue weighted by molar-refractivity contribution is -0.920. The Hall–Kier alpha value is -1.79. The lowest BCUT2D eigenvalue weighted by atomic mass is 10.2. The molecule has 3 N–H and O–H groups in total. The van der Waals surface area contributed by atoms with E-state index in [1.807, 2.05) is 42.5 Å². The number of hydrogen-bond acceptors (Lipinski definition) is 3. The maximum absolute atomic E-state index is 6.48. The van der Waals surface area contributed by atoms with Crippen molar-refractivity contribution in [2.75, 3.05) is 46.5 Å². The molecule has 146 valence electrons. The topological polar surface area (TPSA) is 48.7 Å². The van der Waals surface area contributed by atoms with Gasteiger partial charge in [-0.3, -0.25) is 0 Å². The van der Waals surface area contributed by atoms with E-state index in [1.165, 1.54) is 0 Å². The highest BCUT2D eigenvalue weighted by Gasteiger charge is 2.15. The van der Waals surface area contributed by atoms with Crippen molar-refractivity contribution in [3.63, 3.8) is 0 Å². The molecule has 0 atom stereocenters. The predicted octanol–water partition coefficient (Wildman–Crippen LogP) is 0.906. The van der Waals surface area contributed by atoms with Gasteiger partial charge in [-0.05, 0) is 17.7 Å². The standard InChI is InChI=1S/C21H27ClN2O3/c1-25-20-14-18(15-23-7-8-24-9-11-26-12-10-24)13-19(22)21(20)27-16-17-5-3-2-4-6-17/h2-6,13-14,23H,7-12,15-16H2,1H3/p+2. The van der Waals surface area contributed by atoms with Crippen LogP contribution in [0.15, 0.2) is 42.5 Å². The molecule has 0 bridgehead atoms. The summed E-state index contributed by atoms with van der Waals surface area (Å²) in [5.41, 5.74) is 2.24. The van der Waals surface area contributed by atoms with Crippen LogP contribution in [0.2, 0.25) is 5.02 Å². The monoisotopic (exact) mass is 392 g/mol. The third-order valence-electron chi connectivity index (χ3n) is 4.80. The second kappa shape index (κ2) is 10.5. The quantitative estimate of drug-likeness (QED) is 0.623. The molecular formula is C21H29ClN2O3+2. The van der Waals surface area contributed by atoms with E-state index in [2.05, 4.69) is 5.32 Å². The molecule has 2 aromatic carbocycles. The minimum atomic E-state index is 0.463. The molecule has 3 rings (SSSR count). The van der Waals surface area contributed by atoms with Crippen molar-refractivity contribution in [1.29, 1.82) is 0 Å². The summed E-state index contributed by atoms with van der Waals surface area (Å²) in [6, 6.07) is 14.0. The molecular weight excluding hydrogens is 364 g/mol. The molecule has 1 aliphatic rings. The van der Waals surface area contributed by atoms with Crippen LogP contribution in [0.3, 0.4) is 0 Å². The van der Waals surface area contributed by atoms with Gasteiger partial charge in [0, 0.05) is 5.56 Å². The van der Waals surface area contributed by atoms with Crippen LogP contribution in [0.5, 0.6) is 11.5 Å². The molecule has 1 fully saturated rings. The molecule has 5 nitrogen and oxygen atoms in total. The first-order valence-electron chi connectivity index (χ1n) is 9.52. The first kappa shape index (κ1) is 20.0. The summed E-state index contributed by atoms with van der Waals surface area (Å²) in [5.74, 6) is 1.28. The number of rotatable bonds is 9. The van der Waals surface area contributed by atoms with Crippen LogP contribution in [0.4, 0.5) is 0 Å². The second-order valence-corrected chi connectivity index (χ2v) is 7.18. The van der Waals surface area contributed by atoms with Crippen LogP contribution in [-0.4, -0.2) is 46.5 Å². The zero-order valence-electron chi connectivity index (χ0n) is 15.9. The fourth-order valence-electron chi connectivity index (χ4n) is 3.25. The molecule has 0 aliphatic carbocycles. The Labute approximate surface area is 166 Å². The van der Waals surface area contributed by atoms with E-state index in [-0.39, 0.29) is 0 Å². The summed E-state index contributed by atoms with van der Waals surface area (Å²) >= 11 is 6.48. The number of hydrogen-bond donors (Lipinski definition) is 2. The van der Waals surface area contributed by atoms with Crippen LogP contribution >= 0.6 is 11.6 Å². The molecule has 27 heavy (non-hydrogen) atoms. The lowest BCUT2D eigenvalue weighted by Crippen LogP contribution is -3.16. The summed E-state index contributed by atoms with van der Waals surface area (Å²) in [5, 5.41) is 2.91. The molecule has 0 aromatic heterocycles. The van der Waals surface area contributed by atoms with Crippen LogP contribution in [0.25, 0.3) is 0 Å². The highest BCUT2D eigenvalue weighted by atomic mass is 35.5. The lowest BCUT2D eigenvalue weighted by Gasteiger charge is -2.22. The van der Waals surface area contributed by atoms with E-state index in [4.69, 9.17) is 25.8 Å². The van der Waals surface area contributed by atoms with E-state index in [0.717, 1.165) is 57.1 Å². The highest BCUT2D eigenvalue weighted by Crippen LogP contribution is 2.36. The smallest absolute Gasteiger partial charge is 0.180 e. The molecule has 1 saturated heterocycles. The maximum atomic E-state index is 6.48. The average Bonchev–Trinajstić information content (AvgIpc) is 2.71. The molecule has 0 saturated carbocycles. The summed E-state index contributed by atoms with van der Waals surface area (Å²) in [6.45, 7) is 7.57. The van der Waals surface area contributed by atoms with Gasteiger partial charge in [-0.2, -0.15) is 0 Å². The van der Waals surface area contributed by atoms with Crippen LogP contribution < -0.4 is 19.7 Å². The summed E-state index contributed by atoms with van der Waals surface area (Å²) in [6.07, 6.45) is 0. The van der Waals surface area contributed by atoms with Gasteiger partial charge >= 0.3 is 0 Å². The molecule has 0 spiro atoms. The number of morpholine rings is 1. The molecule has 0 radical (unpaired) electrons. The molecule has 1 aliphatic heterocycles. The predicted molar refractivity (Wildman–Crippen MR) is 106 cm³/mol. The number of methoxy groups -OCH3 is 1. The molecule has 0 amide bonds. The van der Waals surface area contributed by atoms with Crippen molar-refractivity contribution in [3.8, 4) is 11.5 Å². The van der Waals surface area contributed by atoms with Crippen LogP contribution in [-0.2, 0) is 17.9 Å². The van der Waals surface area contributed by atoms with Gasteiger partial charge in [0.1, 0.15) is 39.3 Å². The normalized spacial score (nSPS) is 14.9. The molecule has 0 unspecified atom stereocenters. The fourth-order valence-corrected chi connectivity index (χ4v) is 3.53. The minimum Gasteiger partial charge on any atom is -0.493 e. The Morgan fingerprint density at radius 3 is 2.63 bits per heavy atom. The van der Waals surface area contributed by atoms with E-state index in [1.54, 1.807) is 12.0 Å². The Balaban J connectivity index is 1.53. The first-order valence-corrected chi connectivity index (χ1v) is 9.90. The molecule has 2 aromatic rings. The Bertz CT molecular complexity index is 706. The van der Waals surface area contributed by atoms with Crippen molar-refractivity contribution in [2.45, 2.75) is 13.2 Å². The maximum Gasteiger partial charge on any atom is 0.180 e. The largest absolute Gasteiger partial charge is 0.493 e. The Morgan fingerprint density at radius 1 is 1.11 bits per heavy atom. The summed E-state index contributed by atoms with van der Waals surface area (Å²) in [7, 11) is 1.65. The van der Waals surface area contributed by atoms with Gasteiger partial charge < -0.3 is 24.4 Å². The zero-order valence-corrected chi connectivity index (χ0v) is 16.6. The second-order valence-electron chi connectivity index (χ2n) is 6.78.